The van der Waals surface area contributed by atoms with E-state index in [2.05, 4.69) is 16.9 Å². The van der Waals surface area contributed by atoms with Crippen LogP contribution in [0.2, 0.25) is 0 Å². The van der Waals surface area contributed by atoms with Crippen LogP contribution in [-0.4, -0.2) is 22.0 Å². The van der Waals surface area contributed by atoms with Gasteiger partial charge in [-0.05, 0) is 29.1 Å². The summed E-state index contributed by atoms with van der Waals surface area (Å²) < 4.78 is 1.60. The van der Waals surface area contributed by atoms with Gasteiger partial charge < -0.3 is 10.3 Å². The second kappa shape index (κ2) is 6.67. The maximum atomic E-state index is 12.5. The highest BCUT2D eigenvalue weighted by molar-refractivity contribution is 7.17. The minimum absolute atomic E-state index is 0.113. The highest BCUT2D eigenvalue weighted by atomic mass is 32.1. The molecule has 2 N–H and O–H groups in total. The number of amides is 1. The van der Waals surface area contributed by atoms with Gasteiger partial charge in [-0.1, -0.05) is 18.2 Å². The summed E-state index contributed by atoms with van der Waals surface area (Å²) in [6, 6.07) is 8.48. The van der Waals surface area contributed by atoms with E-state index < -0.39 is 5.69 Å². The molecule has 0 aliphatic carbocycles. The highest BCUT2D eigenvalue weighted by Crippen LogP contribution is 2.14. The van der Waals surface area contributed by atoms with Gasteiger partial charge in [0.25, 0.3) is 5.56 Å². The lowest BCUT2D eigenvalue weighted by Crippen LogP contribution is -2.33. The zero-order valence-corrected chi connectivity index (χ0v) is 13.6. The molecule has 24 heavy (non-hydrogen) atoms. The number of rotatable bonds is 5. The fourth-order valence-corrected chi connectivity index (χ4v) is 3.15. The zero-order chi connectivity index (χ0) is 17.1. The lowest BCUT2D eigenvalue weighted by atomic mass is 10.1. The Bertz CT molecular complexity index is 1010. The number of benzene rings is 1. The molecule has 0 spiro atoms. The molecule has 0 bridgehead atoms. The minimum Gasteiger partial charge on any atom is -0.352 e. The topological polar surface area (TPSA) is 84.0 Å². The second-order valence-electron chi connectivity index (χ2n) is 5.17. The number of carbonyl (C=O) groups is 1. The average molecular weight is 341 g/mol. The van der Waals surface area contributed by atoms with Crippen LogP contribution >= 0.6 is 11.3 Å². The van der Waals surface area contributed by atoms with Crippen molar-refractivity contribution >= 4 is 27.5 Å². The van der Waals surface area contributed by atoms with Crippen LogP contribution in [0, 0.1) is 0 Å². The molecule has 0 radical (unpaired) electrons. The molecule has 0 fully saturated rings. The van der Waals surface area contributed by atoms with E-state index in [4.69, 9.17) is 0 Å². The van der Waals surface area contributed by atoms with Crippen LogP contribution in [-0.2, 0) is 11.2 Å². The monoisotopic (exact) mass is 341 g/mol. The maximum Gasteiger partial charge on any atom is 0.333 e. The van der Waals surface area contributed by atoms with Gasteiger partial charge in [0.15, 0.2) is 0 Å². The first-order valence-electron chi connectivity index (χ1n) is 7.29. The van der Waals surface area contributed by atoms with Crippen molar-refractivity contribution in [2.75, 3.05) is 6.54 Å². The molecule has 1 amide bonds. The molecule has 7 heteroatoms. The van der Waals surface area contributed by atoms with E-state index >= 15 is 0 Å². The summed E-state index contributed by atoms with van der Waals surface area (Å²) in [4.78, 5) is 39.0. The Labute approximate surface area is 141 Å². The molecule has 6 nitrogen and oxygen atoms in total. The second-order valence-corrected chi connectivity index (χ2v) is 6.09. The Morgan fingerprint density at radius 2 is 2.00 bits per heavy atom. The third kappa shape index (κ3) is 3.07. The number of nitrogens with zero attached hydrogens (tertiary/aromatic N) is 1. The predicted octanol–water partition coefficient (Wildman–Crippen LogP) is 1.59. The van der Waals surface area contributed by atoms with Gasteiger partial charge in [0.1, 0.15) is 4.70 Å². The molecule has 0 atom stereocenters. The SMILES string of the molecule is C=CCNC(=O)Cc1ccc(-n2c(=O)[nH]c3ccsc3c2=O)cc1. The van der Waals surface area contributed by atoms with E-state index in [1.54, 1.807) is 41.8 Å². The van der Waals surface area contributed by atoms with Crippen molar-refractivity contribution in [3.8, 4) is 5.69 Å². The number of carbonyl (C=O) groups excluding carboxylic acids is 1. The first-order valence-corrected chi connectivity index (χ1v) is 8.17. The summed E-state index contributed by atoms with van der Waals surface area (Å²) in [5.41, 5.74) is 0.971. The van der Waals surface area contributed by atoms with Crippen LogP contribution < -0.4 is 16.6 Å². The summed E-state index contributed by atoms with van der Waals surface area (Å²) in [7, 11) is 0. The molecule has 1 aromatic carbocycles. The fraction of sp³-hybridized carbons (Fsp3) is 0.118. The van der Waals surface area contributed by atoms with Crippen LogP contribution in [0.3, 0.4) is 0 Å². The largest absolute Gasteiger partial charge is 0.352 e. The lowest BCUT2D eigenvalue weighted by Gasteiger charge is -2.07. The van der Waals surface area contributed by atoms with Gasteiger partial charge in [0.05, 0.1) is 17.6 Å². The normalized spacial score (nSPS) is 10.7. The molecule has 0 saturated heterocycles. The van der Waals surface area contributed by atoms with E-state index in [9.17, 15) is 14.4 Å². The van der Waals surface area contributed by atoms with Crippen LogP contribution in [0.15, 0.2) is 58.0 Å². The standard InChI is InChI=1S/C17H15N3O3S/c1-2-8-18-14(21)10-11-3-5-12(6-4-11)20-16(22)15-13(7-9-24-15)19-17(20)23/h2-7,9H,1,8,10H2,(H,18,21)(H,19,23). The van der Waals surface area contributed by atoms with Crippen molar-refractivity contribution in [3.63, 3.8) is 0 Å². The number of nitrogens with one attached hydrogen (secondary N) is 2. The molecule has 0 saturated carbocycles. The number of hydrogen-bond donors (Lipinski definition) is 2. The van der Waals surface area contributed by atoms with Crippen molar-refractivity contribution in [2.45, 2.75) is 6.42 Å². The minimum atomic E-state index is -0.484. The van der Waals surface area contributed by atoms with E-state index in [1.165, 1.54) is 11.3 Å². The lowest BCUT2D eigenvalue weighted by molar-refractivity contribution is -0.120. The molecule has 0 unspecified atom stereocenters. The highest BCUT2D eigenvalue weighted by Gasteiger charge is 2.10. The molecular formula is C17H15N3O3S. The third-order valence-corrected chi connectivity index (χ3v) is 4.41. The van der Waals surface area contributed by atoms with E-state index in [0.717, 1.165) is 10.1 Å². The van der Waals surface area contributed by atoms with E-state index in [1.807, 2.05) is 0 Å². The van der Waals surface area contributed by atoms with Crippen molar-refractivity contribution in [1.29, 1.82) is 0 Å². The number of aromatic nitrogens is 2. The van der Waals surface area contributed by atoms with E-state index in [0.29, 0.717) is 22.4 Å². The fourth-order valence-electron chi connectivity index (χ4n) is 2.37. The van der Waals surface area contributed by atoms with Gasteiger partial charge in [0, 0.05) is 6.54 Å². The van der Waals surface area contributed by atoms with Gasteiger partial charge in [-0.2, -0.15) is 0 Å². The Morgan fingerprint density at radius 1 is 1.25 bits per heavy atom. The molecule has 0 aliphatic rings. The van der Waals surface area contributed by atoms with Gasteiger partial charge in [0.2, 0.25) is 5.91 Å². The van der Waals surface area contributed by atoms with Crippen molar-refractivity contribution in [3.05, 3.63) is 74.8 Å². The zero-order valence-electron chi connectivity index (χ0n) is 12.7. The molecule has 0 aliphatic heterocycles. The molecule has 2 heterocycles. The Morgan fingerprint density at radius 3 is 2.71 bits per heavy atom. The summed E-state index contributed by atoms with van der Waals surface area (Å²) in [5.74, 6) is -0.113. The summed E-state index contributed by atoms with van der Waals surface area (Å²) in [6.45, 7) is 3.96. The summed E-state index contributed by atoms with van der Waals surface area (Å²) in [5, 5.41) is 4.46. The Balaban J connectivity index is 1.91. The van der Waals surface area contributed by atoms with Gasteiger partial charge in [-0.3, -0.25) is 9.59 Å². The number of hydrogen-bond acceptors (Lipinski definition) is 4. The van der Waals surface area contributed by atoms with Gasteiger partial charge in [-0.15, -0.1) is 17.9 Å². The van der Waals surface area contributed by atoms with Crippen LogP contribution in [0.4, 0.5) is 0 Å². The summed E-state index contributed by atoms with van der Waals surface area (Å²) in [6.07, 6.45) is 1.84. The predicted molar refractivity (Wildman–Crippen MR) is 95.0 cm³/mol. The number of H-pyrrole nitrogens is 1. The van der Waals surface area contributed by atoms with Crippen LogP contribution in [0.25, 0.3) is 15.9 Å². The molecule has 122 valence electrons. The van der Waals surface area contributed by atoms with Crippen molar-refractivity contribution in [1.82, 2.24) is 14.9 Å². The van der Waals surface area contributed by atoms with Crippen LogP contribution in [0.5, 0.6) is 0 Å². The Kier molecular flexibility index (Phi) is 4.43. The average Bonchev–Trinajstić information content (AvgIpc) is 3.03. The Hall–Kier alpha value is -2.93. The van der Waals surface area contributed by atoms with Gasteiger partial charge in [-0.25, -0.2) is 9.36 Å². The smallest absolute Gasteiger partial charge is 0.333 e. The van der Waals surface area contributed by atoms with Crippen molar-refractivity contribution < 1.29 is 4.79 Å². The van der Waals surface area contributed by atoms with Gasteiger partial charge >= 0.3 is 5.69 Å². The molecule has 3 aromatic rings. The summed E-state index contributed by atoms with van der Waals surface area (Å²) >= 11 is 1.29. The maximum absolute atomic E-state index is 12.5. The molecular weight excluding hydrogens is 326 g/mol. The number of fused-ring (bicyclic) bond motifs is 1. The van der Waals surface area contributed by atoms with Crippen LogP contribution in [0.1, 0.15) is 5.56 Å². The van der Waals surface area contributed by atoms with Crippen molar-refractivity contribution in [2.24, 2.45) is 0 Å². The first-order chi connectivity index (χ1) is 11.6. The number of thiophene rings is 1. The third-order valence-electron chi connectivity index (χ3n) is 3.51. The van der Waals surface area contributed by atoms with E-state index in [-0.39, 0.29) is 17.9 Å². The molecule has 3 rings (SSSR count). The first kappa shape index (κ1) is 15.9. The molecule has 2 aromatic heterocycles. The quantitative estimate of drug-likeness (QED) is 0.691. The number of aromatic amines is 1.